The van der Waals surface area contributed by atoms with Crippen molar-refractivity contribution in [2.24, 2.45) is 0 Å². The van der Waals surface area contributed by atoms with Gasteiger partial charge in [0, 0.05) is 18.4 Å². The fourth-order valence-electron chi connectivity index (χ4n) is 3.47. The fourth-order valence-corrected chi connectivity index (χ4v) is 3.47. The Hall–Kier alpha value is -3.68. The van der Waals surface area contributed by atoms with Crippen LogP contribution in [0.2, 0.25) is 0 Å². The molecule has 0 radical (unpaired) electrons. The van der Waals surface area contributed by atoms with E-state index >= 15 is 0 Å². The number of carbonyl (C=O) groups excluding carboxylic acids is 1. The number of hydrogen-bond donors (Lipinski definition) is 1. The monoisotopic (exact) mass is 404 g/mol. The van der Waals surface area contributed by atoms with Crippen molar-refractivity contribution in [3.05, 3.63) is 70.9 Å². The van der Waals surface area contributed by atoms with Crippen molar-refractivity contribution in [2.75, 3.05) is 0 Å². The van der Waals surface area contributed by atoms with Crippen molar-refractivity contribution < 1.29 is 4.79 Å². The van der Waals surface area contributed by atoms with Crippen LogP contribution in [0.5, 0.6) is 0 Å². The first kappa shape index (κ1) is 19.6. The Morgan fingerprint density at radius 3 is 2.30 bits per heavy atom. The number of fused-ring (bicyclic) bond motifs is 1. The van der Waals surface area contributed by atoms with Crippen LogP contribution in [0, 0.1) is 6.92 Å². The second-order valence-electron chi connectivity index (χ2n) is 7.56. The molecule has 1 amide bonds. The standard InChI is InChI=1S/C22H24N6O2/c1-14(2)23-20(29)16(4)27-22(30)18-19(15(3)24-27)25-28(17-10-6-5-7-11-17)21(18)26-12-8-9-13-26/h5-14,16H,1-4H3,(H,23,29). The van der Waals surface area contributed by atoms with Crippen molar-refractivity contribution in [1.29, 1.82) is 0 Å². The van der Waals surface area contributed by atoms with E-state index in [0.717, 1.165) is 5.69 Å². The molecule has 0 saturated heterocycles. The summed E-state index contributed by atoms with van der Waals surface area (Å²) in [6.45, 7) is 7.23. The summed E-state index contributed by atoms with van der Waals surface area (Å²) in [5, 5.41) is 12.4. The lowest BCUT2D eigenvalue weighted by molar-refractivity contribution is -0.124. The Balaban J connectivity index is 2.01. The van der Waals surface area contributed by atoms with E-state index in [2.05, 4.69) is 10.4 Å². The predicted octanol–water partition coefficient (Wildman–Crippen LogP) is 2.77. The van der Waals surface area contributed by atoms with E-state index in [1.807, 2.05) is 73.3 Å². The van der Waals surface area contributed by atoms with Gasteiger partial charge < -0.3 is 9.88 Å². The van der Waals surface area contributed by atoms with Gasteiger partial charge in [-0.1, -0.05) is 18.2 Å². The number of rotatable bonds is 5. The van der Waals surface area contributed by atoms with Gasteiger partial charge in [0.15, 0.2) is 5.82 Å². The molecule has 154 valence electrons. The molecule has 3 heterocycles. The molecule has 0 aliphatic carbocycles. The maximum Gasteiger partial charge on any atom is 0.280 e. The van der Waals surface area contributed by atoms with E-state index < -0.39 is 6.04 Å². The van der Waals surface area contributed by atoms with E-state index in [9.17, 15) is 9.59 Å². The highest BCUT2D eigenvalue weighted by atomic mass is 16.2. The Bertz CT molecular complexity index is 1250. The van der Waals surface area contributed by atoms with Gasteiger partial charge in [-0.25, -0.2) is 9.36 Å². The van der Waals surface area contributed by atoms with E-state index in [4.69, 9.17) is 5.10 Å². The largest absolute Gasteiger partial charge is 0.352 e. The molecule has 0 bridgehead atoms. The zero-order valence-electron chi connectivity index (χ0n) is 17.4. The van der Waals surface area contributed by atoms with Crippen LogP contribution >= 0.6 is 0 Å². The summed E-state index contributed by atoms with van der Waals surface area (Å²) in [5.74, 6) is 0.359. The molecular formula is C22H24N6O2. The van der Waals surface area contributed by atoms with Crippen molar-refractivity contribution >= 4 is 16.8 Å². The van der Waals surface area contributed by atoms with Crippen molar-refractivity contribution in [2.45, 2.75) is 39.8 Å². The van der Waals surface area contributed by atoms with Gasteiger partial charge in [-0.05, 0) is 52.0 Å². The normalized spacial score (nSPS) is 12.4. The van der Waals surface area contributed by atoms with Gasteiger partial charge in [0.2, 0.25) is 5.91 Å². The Morgan fingerprint density at radius 1 is 1.00 bits per heavy atom. The van der Waals surface area contributed by atoms with E-state index in [-0.39, 0.29) is 17.5 Å². The lowest BCUT2D eigenvalue weighted by atomic mass is 10.2. The highest BCUT2D eigenvalue weighted by molar-refractivity contribution is 5.88. The van der Waals surface area contributed by atoms with Crippen LogP contribution in [0.15, 0.2) is 59.7 Å². The lowest BCUT2D eigenvalue weighted by Crippen LogP contribution is -2.40. The van der Waals surface area contributed by atoms with Crippen LogP contribution < -0.4 is 10.9 Å². The second kappa shape index (κ2) is 7.62. The molecule has 8 heteroatoms. The summed E-state index contributed by atoms with van der Waals surface area (Å²) in [6.07, 6.45) is 3.73. The zero-order valence-corrected chi connectivity index (χ0v) is 17.4. The van der Waals surface area contributed by atoms with E-state index in [0.29, 0.717) is 22.4 Å². The summed E-state index contributed by atoms with van der Waals surface area (Å²) in [6, 6.07) is 12.6. The van der Waals surface area contributed by atoms with Crippen LogP contribution in [-0.4, -0.2) is 36.1 Å². The highest BCUT2D eigenvalue weighted by Crippen LogP contribution is 2.25. The quantitative estimate of drug-likeness (QED) is 0.554. The van der Waals surface area contributed by atoms with Gasteiger partial charge in [-0.2, -0.15) is 10.2 Å². The van der Waals surface area contributed by atoms with Gasteiger partial charge in [0.1, 0.15) is 16.9 Å². The van der Waals surface area contributed by atoms with E-state index in [1.54, 1.807) is 18.5 Å². The maximum absolute atomic E-state index is 13.5. The average Bonchev–Trinajstić information content (AvgIpc) is 3.38. The summed E-state index contributed by atoms with van der Waals surface area (Å²) in [7, 11) is 0. The number of para-hydroxylation sites is 1. The molecule has 8 nitrogen and oxygen atoms in total. The van der Waals surface area contributed by atoms with Gasteiger partial charge in [-0.15, -0.1) is 0 Å². The third-order valence-electron chi connectivity index (χ3n) is 4.91. The summed E-state index contributed by atoms with van der Waals surface area (Å²) >= 11 is 0. The molecule has 1 aromatic carbocycles. The summed E-state index contributed by atoms with van der Waals surface area (Å²) < 4.78 is 4.84. The minimum atomic E-state index is -0.749. The maximum atomic E-state index is 13.5. The molecule has 1 N–H and O–H groups in total. The van der Waals surface area contributed by atoms with Crippen molar-refractivity contribution in [1.82, 2.24) is 29.4 Å². The molecule has 3 aromatic heterocycles. The second-order valence-corrected chi connectivity index (χ2v) is 7.56. The number of benzene rings is 1. The third kappa shape index (κ3) is 3.30. The summed E-state index contributed by atoms with van der Waals surface area (Å²) in [5.41, 5.74) is 1.57. The Labute approximate surface area is 173 Å². The molecule has 30 heavy (non-hydrogen) atoms. The summed E-state index contributed by atoms with van der Waals surface area (Å²) in [4.78, 5) is 26.1. The SMILES string of the molecule is Cc1nn(C(C)C(=O)NC(C)C)c(=O)c2c(-n3cccc3)n(-c3ccccc3)nc12. The molecule has 0 fully saturated rings. The fraction of sp³-hybridized carbons (Fsp3) is 0.273. The highest BCUT2D eigenvalue weighted by Gasteiger charge is 2.25. The van der Waals surface area contributed by atoms with Gasteiger partial charge in [0.05, 0.1) is 11.4 Å². The molecular weight excluding hydrogens is 380 g/mol. The first-order valence-electron chi connectivity index (χ1n) is 9.89. The van der Waals surface area contributed by atoms with Crippen LogP contribution in [0.3, 0.4) is 0 Å². The van der Waals surface area contributed by atoms with Crippen molar-refractivity contribution in [3.63, 3.8) is 0 Å². The molecule has 0 saturated carbocycles. The molecule has 1 unspecified atom stereocenters. The third-order valence-corrected chi connectivity index (χ3v) is 4.91. The molecule has 1 atom stereocenters. The zero-order chi connectivity index (χ0) is 21.4. The topological polar surface area (TPSA) is 86.7 Å². The Morgan fingerprint density at radius 2 is 1.67 bits per heavy atom. The van der Waals surface area contributed by atoms with Gasteiger partial charge in [0.25, 0.3) is 5.56 Å². The number of nitrogens with zero attached hydrogens (tertiary/aromatic N) is 5. The number of carbonyl (C=O) groups is 1. The number of aromatic nitrogens is 5. The van der Waals surface area contributed by atoms with Crippen LogP contribution in [-0.2, 0) is 4.79 Å². The predicted molar refractivity (Wildman–Crippen MR) is 115 cm³/mol. The molecule has 0 aliphatic heterocycles. The lowest BCUT2D eigenvalue weighted by Gasteiger charge is -2.16. The first-order valence-corrected chi connectivity index (χ1v) is 9.89. The molecule has 4 rings (SSSR count). The van der Waals surface area contributed by atoms with Crippen LogP contribution in [0.25, 0.3) is 22.4 Å². The average molecular weight is 404 g/mol. The first-order chi connectivity index (χ1) is 14.4. The number of nitrogens with one attached hydrogen (secondary N) is 1. The molecule has 0 aliphatic rings. The van der Waals surface area contributed by atoms with E-state index in [1.165, 1.54) is 4.68 Å². The minimum Gasteiger partial charge on any atom is -0.352 e. The Kier molecular flexibility index (Phi) is 4.99. The van der Waals surface area contributed by atoms with Crippen LogP contribution in [0.4, 0.5) is 0 Å². The smallest absolute Gasteiger partial charge is 0.280 e. The number of hydrogen-bond acceptors (Lipinski definition) is 4. The minimum absolute atomic E-state index is 0.0308. The van der Waals surface area contributed by atoms with Gasteiger partial charge in [-0.3, -0.25) is 9.59 Å². The van der Waals surface area contributed by atoms with Crippen LogP contribution in [0.1, 0.15) is 32.5 Å². The van der Waals surface area contributed by atoms with Gasteiger partial charge >= 0.3 is 0 Å². The number of amides is 1. The van der Waals surface area contributed by atoms with Crippen molar-refractivity contribution in [3.8, 4) is 11.5 Å². The molecule has 4 aromatic rings. The molecule has 0 spiro atoms. The number of aryl methyl sites for hydroxylation is 1.